The molecule has 0 radical (unpaired) electrons. The normalized spacial score (nSPS) is 17.0. The van der Waals surface area contributed by atoms with Gasteiger partial charge in [0.15, 0.2) is 17.5 Å². The second kappa shape index (κ2) is 11.0. The molecule has 2 aliphatic heterocycles. The molecule has 1 unspecified atom stereocenters. The van der Waals surface area contributed by atoms with Gasteiger partial charge >= 0.3 is 6.36 Å². The van der Waals surface area contributed by atoms with E-state index >= 15 is 4.39 Å². The molecule has 16 heteroatoms. The van der Waals surface area contributed by atoms with Crippen LogP contribution in [0.3, 0.4) is 0 Å². The van der Waals surface area contributed by atoms with Crippen LogP contribution in [0, 0.1) is 5.82 Å². The van der Waals surface area contributed by atoms with Gasteiger partial charge in [0.05, 0.1) is 17.6 Å². The van der Waals surface area contributed by atoms with Crippen molar-refractivity contribution >= 4 is 33.3 Å². The van der Waals surface area contributed by atoms with Crippen molar-refractivity contribution in [3.63, 3.8) is 0 Å². The zero-order valence-corrected chi connectivity index (χ0v) is 23.1. The Kier molecular flexibility index (Phi) is 7.76. The molecule has 220 valence electrons. The maximum atomic E-state index is 15.4. The van der Waals surface area contributed by atoms with E-state index in [9.17, 15) is 26.4 Å². The summed E-state index contributed by atoms with van der Waals surface area (Å²) in [6.45, 7) is 0.239. The van der Waals surface area contributed by atoms with Gasteiger partial charge in [-0.2, -0.15) is 0 Å². The smallest absolute Gasteiger partial charge is 0.481 e. The molecule has 1 N–H and O–H groups in total. The molecule has 0 saturated heterocycles. The number of hydrogen-bond donors (Lipinski definition) is 1. The fourth-order valence-electron chi connectivity index (χ4n) is 5.06. The van der Waals surface area contributed by atoms with Crippen molar-refractivity contribution < 1.29 is 40.2 Å². The summed E-state index contributed by atoms with van der Waals surface area (Å²) < 4.78 is 90.0. The number of anilines is 1. The minimum Gasteiger partial charge on any atom is -0.481 e. The summed E-state index contributed by atoms with van der Waals surface area (Å²) in [5.74, 6) is -1.46. The Balaban J connectivity index is 1.44. The summed E-state index contributed by atoms with van der Waals surface area (Å²) in [4.78, 5) is 23.5. The summed E-state index contributed by atoms with van der Waals surface area (Å²) in [6.07, 6.45) is -1.15. The average molecular weight is 618 g/mol. The Labute approximate surface area is 237 Å². The number of nitrogens with zero attached hydrogens (tertiary/aromatic N) is 4. The summed E-state index contributed by atoms with van der Waals surface area (Å²) in [5, 5.41) is -0.194. The number of carbonyl (C=O) groups excluding carboxylic acids is 1. The van der Waals surface area contributed by atoms with Gasteiger partial charge in [-0.25, -0.2) is 22.8 Å². The van der Waals surface area contributed by atoms with E-state index in [1.807, 2.05) is 4.57 Å². The van der Waals surface area contributed by atoms with Crippen molar-refractivity contribution in [1.29, 1.82) is 0 Å². The van der Waals surface area contributed by atoms with Crippen LogP contribution in [0.25, 0.3) is 0 Å². The van der Waals surface area contributed by atoms with Gasteiger partial charge in [0.25, 0.3) is 5.91 Å². The van der Waals surface area contributed by atoms with Crippen molar-refractivity contribution in [2.24, 2.45) is 0 Å². The van der Waals surface area contributed by atoms with Crippen LogP contribution < -0.4 is 14.2 Å². The zero-order valence-electron chi connectivity index (χ0n) is 21.5. The first-order chi connectivity index (χ1) is 19.3. The van der Waals surface area contributed by atoms with E-state index in [1.54, 1.807) is 0 Å². The maximum Gasteiger partial charge on any atom is 0.573 e. The van der Waals surface area contributed by atoms with Crippen LogP contribution in [-0.2, 0) is 34.2 Å². The zero-order chi connectivity index (χ0) is 29.5. The highest BCUT2D eigenvalue weighted by atomic mass is 35.5. The number of hydrogen-bond acceptors (Lipinski definition) is 7. The van der Waals surface area contributed by atoms with Gasteiger partial charge in [-0.15, -0.1) is 13.2 Å². The number of fused-ring (bicyclic) bond motifs is 3. The predicted molar refractivity (Wildman–Crippen MR) is 139 cm³/mol. The van der Waals surface area contributed by atoms with Crippen LogP contribution in [0.15, 0.2) is 30.3 Å². The lowest BCUT2D eigenvalue weighted by molar-refractivity contribution is -0.274. The topological polar surface area (TPSA) is 116 Å². The Morgan fingerprint density at radius 2 is 1.93 bits per heavy atom. The largest absolute Gasteiger partial charge is 0.573 e. The lowest BCUT2D eigenvalue weighted by atomic mass is 9.94. The molecule has 0 fully saturated rings. The van der Waals surface area contributed by atoms with Gasteiger partial charge in [-0.1, -0.05) is 11.6 Å². The van der Waals surface area contributed by atoms with Gasteiger partial charge in [0, 0.05) is 37.6 Å². The fourth-order valence-corrected chi connectivity index (χ4v) is 5.77. The summed E-state index contributed by atoms with van der Waals surface area (Å²) in [7, 11) is -3.60. The molecular formula is C25H24ClF4N5O5S. The molecule has 1 amide bonds. The average Bonchev–Trinajstić information content (AvgIpc) is 3.25. The quantitative estimate of drug-likeness (QED) is 0.312. The van der Waals surface area contributed by atoms with Gasteiger partial charge in [-0.05, 0) is 37.1 Å². The number of nitrogens with one attached hydrogen (secondary N) is 1. The van der Waals surface area contributed by atoms with Crippen molar-refractivity contribution in [2.75, 3.05) is 24.1 Å². The van der Waals surface area contributed by atoms with Gasteiger partial charge in [-0.3, -0.25) is 9.52 Å². The number of imidazole rings is 1. The third-order valence-electron chi connectivity index (χ3n) is 6.63. The minimum atomic E-state index is -5.00. The number of benzene rings is 1. The molecular weight excluding hydrogens is 594 g/mol. The van der Waals surface area contributed by atoms with E-state index < -0.39 is 46.5 Å². The van der Waals surface area contributed by atoms with Crippen molar-refractivity contribution in [2.45, 2.75) is 44.6 Å². The highest BCUT2D eigenvalue weighted by Crippen LogP contribution is 2.39. The van der Waals surface area contributed by atoms with E-state index in [2.05, 4.69) is 14.4 Å². The van der Waals surface area contributed by atoms with Crippen LogP contribution >= 0.6 is 11.6 Å². The molecule has 3 aromatic rings. The van der Waals surface area contributed by atoms with E-state index in [-0.39, 0.29) is 28.8 Å². The first-order valence-electron chi connectivity index (χ1n) is 12.5. The van der Waals surface area contributed by atoms with E-state index in [0.29, 0.717) is 36.8 Å². The van der Waals surface area contributed by atoms with Gasteiger partial charge < -0.3 is 18.9 Å². The molecule has 5 rings (SSSR count). The predicted octanol–water partition coefficient (Wildman–Crippen LogP) is 4.23. The number of amides is 1. The summed E-state index contributed by atoms with van der Waals surface area (Å²) >= 11 is 6.12. The number of pyridine rings is 1. The molecule has 0 aliphatic carbocycles. The van der Waals surface area contributed by atoms with Crippen molar-refractivity contribution in [1.82, 2.24) is 19.4 Å². The van der Waals surface area contributed by atoms with Crippen molar-refractivity contribution in [3.8, 4) is 11.5 Å². The molecule has 4 heterocycles. The Bertz CT molecular complexity index is 1600. The summed E-state index contributed by atoms with van der Waals surface area (Å²) in [5.41, 5.74) is 1.30. The monoisotopic (exact) mass is 617 g/mol. The lowest BCUT2D eigenvalue weighted by Crippen LogP contribution is -2.44. The number of aromatic nitrogens is 3. The molecule has 10 nitrogen and oxygen atoms in total. The number of rotatable bonds is 7. The number of ether oxygens (including phenoxy) is 2. The van der Waals surface area contributed by atoms with E-state index in [1.165, 1.54) is 23.1 Å². The van der Waals surface area contributed by atoms with Crippen LogP contribution in [0.5, 0.6) is 11.5 Å². The van der Waals surface area contributed by atoms with Gasteiger partial charge in [0.2, 0.25) is 10.0 Å². The second-order valence-corrected chi connectivity index (χ2v) is 11.7. The molecule has 1 aromatic carbocycles. The molecule has 0 spiro atoms. The van der Waals surface area contributed by atoms with Crippen LogP contribution in [0.2, 0.25) is 5.15 Å². The van der Waals surface area contributed by atoms with E-state index in [4.69, 9.17) is 21.3 Å². The second-order valence-electron chi connectivity index (χ2n) is 9.59. The van der Waals surface area contributed by atoms with Crippen LogP contribution in [0.1, 0.15) is 41.7 Å². The SMILES string of the molecule is CS(=O)(=O)Nc1ccc(OCC(=O)N2CCc3nc4n(c3C2c2ccc(OC(F)(F)F)cc2F)CCCC4)c(Cl)n1. The fraction of sp³-hybridized carbons (Fsp3) is 0.400. The highest BCUT2D eigenvalue weighted by molar-refractivity contribution is 7.92. The lowest BCUT2D eigenvalue weighted by Gasteiger charge is -2.37. The molecule has 2 aromatic heterocycles. The highest BCUT2D eigenvalue weighted by Gasteiger charge is 2.39. The standard InChI is InChI=1S/C25H24ClF4N5O5S/c1-41(37,38)33-19-8-7-18(24(26)32-19)39-13-21(36)35-11-9-17-23(34-10-3-2-4-20(34)31-17)22(35)15-6-5-14(12-16(15)27)40-25(28,29)30/h5-8,12,22H,2-4,9-11,13H2,1H3,(H,32,33). The minimum absolute atomic E-state index is 0.00915. The number of aryl methyl sites for hydroxylation is 1. The molecule has 0 saturated carbocycles. The first kappa shape index (κ1) is 28.9. The first-order valence-corrected chi connectivity index (χ1v) is 14.8. The summed E-state index contributed by atoms with van der Waals surface area (Å²) in [6, 6.07) is 4.49. The molecule has 1 atom stereocenters. The van der Waals surface area contributed by atoms with Gasteiger partial charge in [0.1, 0.15) is 29.3 Å². The Morgan fingerprint density at radius 1 is 1.15 bits per heavy atom. The Hall–Kier alpha value is -3.59. The van der Waals surface area contributed by atoms with E-state index in [0.717, 1.165) is 31.0 Å². The third-order valence-corrected chi connectivity index (χ3v) is 7.48. The maximum absolute atomic E-state index is 15.4. The van der Waals surface area contributed by atoms with Crippen LogP contribution in [0.4, 0.5) is 23.4 Å². The molecule has 41 heavy (non-hydrogen) atoms. The van der Waals surface area contributed by atoms with Crippen LogP contribution in [-0.4, -0.2) is 59.5 Å². The van der Waals surface area contributed by atoms with Crippen molar-refractivity contribution in [3.05, 3.63) is 64.1 Å². The number of alkyl halides is 3. The molecule has 2 aliphatic rings. The number of halogens is 5. The number of carbonyl (C=O) groups is 1. The molecule has 0 bridgehead atoms. The Morgan fingerprint density at radius 3 is 2.61 bits per heavy atom. The number of sulfonamides is 1. The third kappa shape index (κ3) is 6.50.